The maximum absolute atomic E-state index is 13.9. The minimum atomic E-state index is -0.307. The number of ether oxygens (including phenoxy) is 1. The van der Waals surface area contributed by atoms with E-state index in [-0.39, 0.29) is 11.6 Å². The summed E-state index contributed by atoms with van der Waals surface area (Å²) in [6, 6.07) is 15.8. The van der Waals surface area contributed by atoms with Crippen LogP contribution in [0.15, 0.2) is 59.8 Å². The Bertz CT molecular complexity index is 990. The Morgan fingerprint density at radius 2 is 1.87 bits per heavy atom. The molecule has 30 heavy (non-hydrogen) atoms. The van der Waals surface area contributed by atoms with Crippen molar-refractivity contribution < 1.29 is 13.9 Å². The van der Waals surface area contributed by atoms with E-state index in [1.165, 1.54) is 23.9 Å². The third-order valence-corrected chi connectivity index (χ3v) is 5.87. The number of hydrogen-bond donors (Lipinski definition) is 0. The second-order valence-corrected chi connectivity index (χ2v) is 8.00. The van der Waals surface area contributed by atoms with E-state index in [0.29, 0.717) is 49.5 Å². The molecule has 0 radical (unpaired) electrons. The van der Waals surface area contributed by atoms with Crippen molar-refractivity contribution in [3.8, 4) is 5.69 Å². The van der Waals surface area contributed by atoms with Gasteiger partial charge in [-0.1, -0.05) is 48.2 Å². The Balaban J connectivity index is 1.47. The molecule has 1 aromatic heterocycles. The third kappa shape index (κ3) is 4.88. The van der Waals surface area contributed by atoms with Gasteiger partial charge in [0, 0.05) is 30.8 Å². The molecule has 2 aromatic carbocycles. The summed E-state index contributed by atoms with van der Waals surface area (Å²) in [5.41, 5.74) is 1.42. The van der Waals surface area contributed by atoms with Crippen molar-refractivity contribution in [2.75, 3.05) is 37.0 Å². The van der Waals surface area contributed by atoms with E-state index in [4.69, 9.17) is 4.74 Å². The van der Waals surface area contributed by atoms with Gasteiger partial charge in [0.15, 0.2) is 10.9 Å². The summed E-state index contributed by atoms with van der Waals surface area (Å²) in [7, 11) is 0. The van der Waals surface area contributed by atoms with Crippen molar-refractivity contribution in [3.63, 3.8) is 0 Å². The molecule has 0 N–H and O–H groups in total. The van der Waals surface area contributed by atoms with E-state index in [9.17, 15) is 9.18 Å². The molecule has 0 saturated carbocycles. The molecule has 0 atom stereocenters. The molecule has 0 aliphatic carbocycles. The van der Waals surface area contributed by atoms with Crippen LogP contribution in [0.1, 0.15) is 23.2 Å². The fourth-order valence-corrected chi connectivity index (χ4v) is 4.22. The van der Waals surface area contributed by atoms with Gasteiger partial charge in [0.25, 0.3) is 0 Å². The van der Waals surface area contributed by atoms with Crippen LogP contribution in [0, 0.1) is 5.82 Å². The molecule has 156 valence electrons. The number of hydrogen-bond acceptors (Lipinski definition) is 6. The van der Waals surface area contributed by atoms with Gasteiger partial charge in [0.1, 0.15) is 5.82 Å². The van der Waals surface area contributed by atoms with Gasteiger partial charge < -0.3 is 9.64 Å². The highest BCUT2D eigenvalue weighted by molar-refractivity contribution is 7.99. The molecular weight excluding hydrogens is 403 g/mol. The van der Waals surface area contributed by atoms with Crippen LogP contribution in [0.5, 0.6) is 0 Å². The van der Waals surface area contributed by atoms with E-state index in [0.717, 1.165) is 17.7 Å². The maximum Gasteiger partial charge on any atom is 0.232 e. The summed E-state index contributed by atoms with van der Waals surface area (Å²) in [5, 5.41) is 9.43. The van der Waals surface area contributed by atoms with E-state index in [2.05, 4.69) is 15.1 Å². The van der Waals surface area contributed by atoms with Crippen LogP contribution in [0.4, 0.5) is 10.3 Å². The average Bonchev–Trinajstić information content (AvgIpc) is 3.22. The molecular formula is C22H23FN4O2S. The van der Waals surface area contributed by atoms with E-state index in [1.807, 2.05) is 41.0 Å². The maximum atomic E-state index is 13.9. The number of Topliss-reactive ketones (excluding diaryl/α,β-unsaturated/α-hetero) is 1. The molecule has 1 saturated heterocycles. The van der Waals surface area contributed by atoms with Gasteiger partial charge in [-0.2, -0.15) is 0 Å². The first-order chi connectivity index (χ1) is 14.7. The van der Waals surface area contributed by atoms with Gasteiger partial charge in [-0.05, 0) is 24.6 Å². The number of anilines is 1. The highest BCUT2D eigenvalue weighted by Crippen LogP contribution is 2.28. The van der Waals surface area contributed by atoms with Gasteiger partial charge in [-0.15, -0.1) is 10.2 Å². The predicted molar refractivity (Wildman–Crippen MR) is 115 cm³/mol. The fraction of sp³-hybridized carbons (Fsp3) is 0.318. The Labute approximate surface area is 179 Å². The third-order valence-electron chi connectivity index (χ3n) is 4.85. The molecule has 0 bridgehead atoms. The van der Waals surface area contributed by atoms with E-state index >= 15 is 0 Å². The molecule has 3 aromatic rings. The number of ketones is 1. The van der Waals surface area contributed by atoms with Crippen LogP contribution < -0.4 is 4.90 Å². The lowest BCUT2D eigenvalue weighted by molar-refractivity contribution is 0.0982. The summed E-state index contributed by atoms with van der Waals surface area (Å²) in [6.45, 7) is 2.67. The van der Waals surface area contributed by atoms with Crippen LogP contribution in [-0.2, 0) is 4.74 Å². The van der Waals surface area contributed by atoms with Crippen molar-refractivity contribution in [2.45, 2.75) is 18.0 Å². The molecule has 1 aliphatic rings. The summed E-state index contributed by atoms with van der Waals surface area (Å²) in [6.07, 6.45) is 1.20. The normalized spacial score (nSPS) is 14.1. The minimum Gasteiger partial charge on any atom is -0.378 e. The summed E-state index contributed by atoms with van der Waals surface area (Å²) in [5.74, 6) is 1.23. The highest BCUT2D eigenvalue weighted by Gasteiger charge is 2.22. The highest BCUT2D eigenvalue weighted by atomic mass is 32.2. The van der Waals surface area contributed by atoms with Gasteiger partial charge in [-0.3, -0.25) is 9.36 Å². The summed E-state index contributed by atoms with van der Waals surface area (Å²) in [4.78, 5) is 14.4. The first-order valence-electron chi connectivity index (χ1n) is 9.97. The standard InChI is InChI=1S/C22H23FN4O2S/c23-18-8-4-9-19(16-18)27-21(26-11-13-29-14-12-26)24-25-22(27)30-15-5-10-20(28)17-6-2-1-3-7-17/h1-4,6-9,16H,5,10-15H2. The zero-order valence-electron chi connectivity index (χ0n) is 16.5. The molecule has 1 aliphatic heterocycles. The second-order valence-electron chi connectivity index (χ2n) is 6.94. The molecule has 1 fully saturated rings. The molecule has 8 heteroatoms. The average molecular weight is 427 g/mol. The minimum absolute atomic E-state index is 0.136. The summed E-state index contributed by atoms with van der Waals surface area (Å²) >= 11 is 1.53. The van der Waals surface area contributed by atoms with Crippen molar-refractivity contribution in [3.05, 3.63) is 66.0 Å². The number of morpholine rings is 1. The second kappa shape index (κ2) is 9.86. The van der Waals surface area contributed by atoms with Gasteiger partial charge >= 0.3 is 0 Å². The van der Waals surface area contributed by atoms with Crippen molar-refractivity contribution in [1.82, 2.24) is 14.8 Å². The first kappa shape index (κ1) is 20.6. The van der Waals surface area contributed by atoms with Gasteiger partial charge in [0.05, 0.1) is 18.9 Å². The lowest BCUT2D eigenvalue weighted by Gasteiger charge is -2.27. The topological polar surface area (TPSA) is 60.3 Å². The molecule has 2 heterocycles. The SMILES string of the molecule is O=C(CCCSc1nnc(N2CCOCC2)n1-c1cccc(F)c1)c1ccccc1. The number of carbonyl (C=O) groups excluding carboxylic acids is 1. The number of nitrogens with zero attached hydrogens (tertiary/aromatic N) is 4. The predicted octanol–water partition coefficient (Wildman–Crippen LogP) is 4.00. The van der Waals surface area contributed by atoms with Gasteiger partial charge in [-0.25, -0.2) is 4.39 Å². The first-order valence-corrected chi connectivity index (χ1v) is 11.0. The quantitative estimate of drug-likeness (QED) is 0.308. The lowest BCUT2D eigenvalue weighted by Crippen LogP contribution is -2.37. The largest absolute Gasteiger partial charge is 0.378 e. The van der Waals surface area contributed by atoms with Crippen molar-refractivity contribution in [1.29, 1.82) is 0 Å². The van der Waals surface area contributed by atoms with Crippen LogP contribution >= 0.6 is 11.8 Å². The molecule has 0 spiro atoms. The molecule has 0 unspecified atom stereocenters. The monoisotopic (exact) mass is 426 g/mol. The zero-order valence-corrected chi connectivity index (χ0v) is 17.4. The van der Waals surface area contributed by atoms with Crippen molar-refractivity contribution in [2.24, 2.45) is 0 Å². The number of aromatic nitrogens is 3. The molecule has 6 nitrogen and oxygen atoms in total. The zero-order chi connectivity index (χ0) is 20.8. The smallest absolute Gasteiger partial charge is 0.232 e. The van der Waals surface area contributed by atoms with Crippen LogP contribution in [0.3, 0.4) is 0 Å². The number of benzene rings is 2. The Morgan fingerprint density at radius 3 is 2.63 bits per heavy atom. The number of halogens is 1. The fourth-order valence-electron chi connectivity index (χ4n) is 3.33. The van der Waals surface area contributed by atoms with Crippen LogP contribution in [0.25, 0.3) is 5.69 Å². The molecule has 4 rings (SSSR count). The Hall–Kier alpha value is -2.71. The summed E-state index contributed by atoms with van der Waals surface area (Å²) < 4.78 is 21.2. The molecule has 0 amide bonds. The Kier molecular flexibility index (Phi) is 6.76. The number of rotatable bonds is 8. The Morgan fingerprint density at radius 1 is 1.07 bits per heavy atom. The van der Waals surface area contributed by atoms with E-state index in [1.54, 1.807) is 6.07 Å². The van der Waals surface area contributed by atoms with Crippen molar-refractivity contribution >= 4 is 23.5 Å². The number of thioether (sulfide) groups is 1. The number of carbonyl (C=O) groups is 1. The lowest BCUT2D eigenvalue weighted by atomic mass is 10.1. The van der Waals surface area contributed by atoms with Gasteiger partial charge in [0.2, 0.25) is 5.95 Å². The van der Waals surface area contributed by atoms with Crippen LogP contribution in [0.2, 0.25) is 0 Å². The van der Waals surface area contributed by atoms with E-state index < -0.39 is 0 Å². The van der Waals surface area contributed by atoms with Crippen LogP contribution in [-0.4, -0.2) is 52.6 Å².